The van der Waals surface area contributed by atoms with Crippen molar-refractivity contribution in [2.24, 2.45) is 0 Å². The number of anilines is 2. The number of alkyl halides is 3. The molecule has 0 bridgehead atoms. The number of thioether (sulfide) groups is 1. The molecule has 0 atom stereocenters. The molecule has 0 aromatic carbocycles. The number of hydrogen-bond donors (Lipinski definition) is 1. The van der Waals surface area contributed by atoms with Crippen LogP contribution < -0.4 is 10.6 Å². The minimum atomic E-state index is -4.41. The fourth-order valence-corrected chi connectivity index (χ4v) is 4.31. The summed E-state index contributed by atoms with van der Waals surface area (Å²) in [5.74, 6) is 1.33. The second-order valence-electron chi connectivity index (χ2n) is 5.82. The van der Waals surface area contributed by atoms with Gasteiger partial charge in [0.2, 0.25) is 5.13 Å². The third-order valence-electron chi connectivity index (χ3n) is 3.99. The van der Waals surface area contributed by atoms with E-state index < -0.39 is 11.9 Å². The highest BCUT2D eigenvalue weighted by Crippen LogP contribution is 2.29. The van der Waals surface area contributed by atoms with Crippen LogP contribution in [0.1, 0.15) is 12.1 Å². The second kappa shape index (κ2) is 8.40. The first-order valence-electron chi connectivity index (χ1n) is 8.15. The first-order chi connectivity index (χ1) is 12.4. The predicted molar refractivity (Wildman–Crippen MR) is 97.6 cm³/mol. The molecule has 26 heavy (non-hydrogen) atoms. The summed E-state index contributed by atoms with van der Waals surface area (Å²) in [5.41, 5.74) is 4.70. The zero-order chi connectivity index (χ0) is 18.6. The van der Waals surface area contributed by atoms with E-state index in [1.54, 1.807) is 17.8 Å². The van der Waals surface area contributed by atoms with E-state index in [0.29, 0.717) is 24.0 Å². The molecule has 2 aromatic heterocycles. The molecule has 0 spiro atoms. The number of aromatic nitrogens is 3. The summed E-state index contributed by atoms with van der Waals surface area (Å²) in [6.45, 7) is 3.93. The lowest BCUT2D eigenvalue weighted by atomic mass is 10.2. The number of nitrogens with zero attached hydrogens (tertiary/aromatic N) is 5. The van der Waals surface area contributed by atoms with Crippen molar-refractivity contribution in [1.29, 1.82) is 0 Å². The van der Waals surface area contributed by atoms with Gasteiger partial charge in [-0.3, -0.25) is 4.90 Å². The molecule has 1 saturated heterocycles. The summed E-state index contributed by atoms with van der Waals surface area (Å²) < 4.78 is 39.2. The average Bonchev–Trinajstić information content (AvgIpc) is 3.04. The highest BCUT2D eigenvalue weighted by Gasteiger charge is 2.33. The van der Waals surface area contributed by atoms with Gasteiger partial charge in [-0.2, -0.15) is 13.2 Å². The van der Waals surface area contributed by atoms with Gasteiger partial charge in [-0.1, -0.05) is 29.2 Å². The van der Waals surface area contributed by atoms with Crippen molar-refractivity contribution < 1.29 is 13.2 Å². The standard InChI is InChI=1S/C15H19F3N6S2/c16-15(17,18)11-3-1-4-12(20-11)24-8-6-23(7-9-24)5-2-10-25-14-22-21-13(19)26-14/h1,3-4H,2,5-10H2,(H2,19,21). The lowest BCUT2D eigenvalue weighted by Crippen LogP contribution is -2.47. The first kappa shape index (κ1) is 19.2. The van der Waals surface area contributed by atoms with Crippen LogP contribution in [0.5, 0.6) is 0 Å². The Labute approximate surface area is 157 Å². The van der Waals surface area contributed by atoms with Gasteiger partial charge < -0.3 is 10.6 Å². The Morgan fingerprint density at radius 3 is 2.58 bits per heavy atom. The maximum Gasteiger partial charge on any atom is 0.433 e. The van der Waals surface area contributed by atoms with Crippen molar-refractivity contribution in [3.05, 3.63) is 23.9 Å². The minimum absolute atomic E-state index is 0.392. The number of nitrogens with two attached hydrogens (primary N) is 1. The maximum absolute atomic E-state index is 12.8. The van der Waals surface area contributed by atoms with E-state index in [2.05, 4.69) is 20.1 Å². The molecule has 2 N–H and O–H groups in total. The van der Waals surface area contributed by atoms with Crippen LogP contribution in [-0.4, -0.2) is 58.6 Å². The Balaban J connectivity index is 1.41. The summed E-state index contributed by atoms with van der Waals surface area (Å²) in [7, 11) is 0. The van der Waals surface area contributed by atoms with Crippen molar-refractivity contribution in [3.63, 3.8) is 0 Å². The monoisotopic (exact) mass is 404 g/mol. The molecule has 1 fully saturated rings. The quantitative estimate of drug-likeness (QED) is 0.586. The summed E-state index contributed by atoms with van der Waals surface area (Å²) in [4.78, 5) is 7.99. The molecule has 142 valence electrons. The molecule has 1 aliphatic rings. The van der Waals surface area contributed by atoms with Gasteiger partial charge in [-0.05, 0) is 25.1 Å². The van der Waals surface area contributed by atoms with Crippen LogP contribution in [0.4, 0.5) is 24.1 Å². The van der Waals surface area contributed by atoms with Crippen molar-refractivity contribution in [3.8, 4) is 0 Å². The molecule has 0 aliphatic carbocycles. The van der Waals surface area contributed by atoms with Gasteiger partial charge >= 0.3 is 6.18 Å². The van der Waals surface area contributed by atoms with Gasteiger partial charge in [0.1, 0.15) is 11.5 Å². The highest BCUT2D eigenvalue weighted by molar-refractivity contribution is 8.01. The summed E-state index contributed by atoms with van der Waals surface area (Å²) in [6, 6.07) is 4.05. The Kier molecular flexibility index (Phi) is 6.20. The van der Waals surface area contributed by atoms with Gasteiger partial charge in [0.15, 0.2) is 4.34 Å². The van der Waals surface area contributed by atoms with Crippen LogP contribution in [0.25, 0.3) is 0 Å². The van der Waals surface area contributed by atoms with Crippen molar-refractivity contribution in [2.45, 2.75) is 16.9 Å². The first-order valence-corrected chi connectivity index (χ1v) is 9.95. The average molecular weight is 404 g/mol. The highest BCUT2D eigenvalue weighted by atomic mass is 32.2. The third-order valence-corrected chi connectivity index (χ3v) is 5.96. The van der Waals surface area contributed by atoms with E-state index in [9.17, 15) is 13.2 Å². The third kappa shape index (κ3) is 5.21. The van der Waals surface area contributed by atoms with Gasteiger partial charge in [0.25, 0.3) is 0 Å². The molecule has 0 unspecified atom stereocenters. The number of pyridine rings is 1. The molecule has 0 radical (unpaired) electrons. The predicted octanol–water partition coefficient (Wildman–Crippen LogP) is 2.84. The minimum Gasteiger partial charge on any atom is -0.374 e. The van der Waals surface area contributed by atoms with Crippen molar-refractivity contribution in [2.75, 3.05) is 49.1 Å². The van der Waals surface area contributed by atoms with E-state index in [-0.39, 0.29) is 0 Å². The zero-order valence-electron chi connectivity index (χ0n) is 13.9. The summed E-state index contributed by atoms with van der Waals surface area (Å²) in [6.07, 6.45) is -3.40. The largest absolute Gasteiger partial charge is 0.433 e. The summed E-state index contributed by atoms with van der Waals surface area (Å²) >= 11 is 3.03. The Hall–Kier alpha value is -1.59. The van der Waals surface area contributed by atoms with Crippen LogP contribution >= 0.6 is 23.1 Å². The Morgan fingerprint density at radius 2 is 1.92 bits per heavy atom. The van der Waals surface area contributed by atoms with Gasteiger partial charge in [0.05, 0.1) is 0 Å². The van der Waals surface area contributed by atoms with Crippen molar-refractivity contribution in [1.82, 2.24) is 20.1 Å². The molecule has 0 amide bonds. The van der Waals surface area contributed by atoms with Crippen molar-refractivity contribution >= 4 is 34.0 Å². The molecule has 2 aromatic rings. The number of hydrogen-bond acceptors (Lipinski definition) is 8. The topological polar surface area (TPSA) is 71.2 Å². The Bertz CT molecular complexity index is 715. The van der Waals surface area contributed by atoms with Gasteiger partial charge in [-0.15, -0.1) is 10.2 Å². The van der Waals surface area contributed by atoms with Crippen LogP contribution in [0, 0.1) is 0 Å². The molecular formula is C15H19F3N6S2. The van der Waals surface area contributed by atoms with E-state index in [1.807, 2.05) is 4.90 Å². The second-order valence-corrected chi connectivity index (χ2v) is 8.17. The Morgan fingerprint density at radius 1 is 1.15 bits per heavy atom. The lowest BCUT2D eigenvalue weighted by Gasteiger charge is -2.35. The van der Waals surface area contributed by atoms with E-state index in [4.69, 9.17) is 5.73 Å². The van der Waals surface area contributed by atoms with Crippen LogP contribution in [0.2, 0.25) is 0 Å². The van der Waals surface area contributed by atoms with Gasteiger partial charge in [-0.25, -0.2) is 4.98 Å². The fraction of sp³-hybridized carbons (Fsp3) is 0.533. The van der Waals surface area contributed by atoms with Crippen LogP contribution in [0.3, 0.4) is 0 Å². The molecule has 11 heteroatoms. The van der Waals surface area contributed by atoms with Crippen LogP contribution in [-0.2, 0) is 6.18 Å². The SMILES string of the molecule is Nc1nnc(SCCCN2CCN(c3cccc(C(F)(F)F)n3)CC2)s1. The molecule has 3 rings (SSSR count). The molecule has 1 aliphatic heterocycles. The van der Waals surface area contributed by atoms with E-state index >= 15 is 0 Å². The number of nitrogen functional groups attached to an aromatic ring is 1. The number of rotatable bonds is 6. The number of halogens is 3. The molecule has 6 nitrogen and oxygen atoms in total. The molecule has 0 saturated carbocycles. The zero-order valence-corrected chi connectivity index (χ0v) is 15.6. The smallest absolute Gasteiger partial charge is 0.374 e. The number of piperazine rings is 1. The maximum atomic E-state index is 12.8. The normalized spacial score (nSPS) is 16.2. The van der Waals surface area contributed by atoms with E-state index in [1.165, 1.54) is 17.4 Å². The molecular weight excluding hydrogens is 385 g/mol. The fourth-order valence-electron chi connectivity index (χ4n) is 2.68. The lowest BCUT2D eigenvalue weighted by molar-refractivity contribution is -0.141. The van der Waals surface area contributed by atoms with E-state index in [0.717, 1.165) is 42.2 Å². The van der Waals surface area contributed by atoms with Gasteiger partial charge in [0, 0.05) is 31.9 Å². The molecule has 3 heterocycles. The van der Waals surface area contributed by atoms with Crippen LogP contribution in [0.15, 0.2) is 22.5 Å². The summed E-state index contributed by atoms with van der Waals surface area (Å²) in [5, 5.41) is 8.22.